The molecule has 25 heavy (non-hydrogen) atoms. The maximum absolute atomic E-state index is 12.6. The number of carbonyl (C=O) groups excluding carboxylic acids is 3. The Morgan fingerprint density at radius 2 is 1.84 bits per heavy atom. The lowest BCUT2D eigenvalue weighted by atomic mass is 9.81. The Labute approximate surface area is 151 Å². The van der Waals surface area contributed by atoms with Crippen molar-refractivity contribution in [3.05, 3.63) is 28.8 Å². The van der Waals surface area contributed by atoms with Gasteiger partial charge in [-0.3, -0.25) is 19.3 Å². The smallest absolute Gasteiger partial charge is 0.233 e. The molecule has 0 unspecified atom stereocenters. The van der Waals surface area contributed by atoms with Crippen LogP contribution in [0.2, 0.25) is 5.02 Å². The summed E-state index contributed by atoms with van der Waals surface area (Å²) in [5, 5.41) is 3.36. The molecule has 2 saturated carbocycles. The zero-order chi connectivity index (χ0) is 17.7. The van der Waals surface area contributed by atoms with Gasteiger partial charge >= 0.3 is 0 Å². The van der Waals surface area contributed by atoms with Crippen LogP contribution >= 0.6 is 11.6 Å². The molecule has 1 saturated heterocycles. The number of halogens is 1. The van der Waals surface area contributed by atoms with Crippen molar-refractivity contribution in [1.82, 2.24) is 4.90 Å². The summed E-state index contributed by atoms with van der Waals surface area (Å²) in [6.07, 6.45) is 3.26. The molecule has 1 aliphatic heterocycles. The maximum atomic E-state index is 12.6. The number of hydrogen-bond acceptors (Lipinski definition) is 3. The van der Waals surface area contributed by atoms with E-state index in [0.717, 1.165) is 24.8 Å². The first-order valence-electron chi connectivity index (χ1n) is 8.87. The number of anilines is 1. The van der Waals surface area contributed by atoms with E-state index in [2.05, 4.69) is 5.32 Å². The molecule has 0 radical (unpaired) electrons. The lowest BCUT2D eigenvalue weighted by Crippen LogP contribution is -2.35. The summed E-state index contributed by atoms with van der Waals surface area (Å²) in [4.78, 5) is 38.7. The van der Waals surface area contributed by atoms with Gasteiger partial charge in [-0.15, -0.1) is 0 Å². The molecular formula is C19H21ClN2O3. The van der Waals surface area contributed by atoms with E-state index in [0.29, 0.717) is 22.5 Å². The Hall–Kier alpha value is -1.88. The van der Waals surface area contributed by atoms with Crippen LogP contribution in [-0.4, -0.2) is 29.2 Å². The fraction of sp³-hybridized carbons (Fsp3) is 0.526. The van der Waals surface area contributed by atoms with Gasteiger partial charge in [0.25, 0.3) is 0 Å². The number of nitrogens with one attached hydrogen (secondary N) is 1. The number of hydrogen-bond donors (Lipinski definition) is 1. The van der Waals surface area contributed by atoms with Gasteiger partial charge in [-0.25, -0.2) is 0 Å². The summed E-state index contributed by atoms with van der Waals surface area (Å²) in [5.74, 6) is 0.165. The zero-order valence-electron chi connectivity index (χ0n) is 14.1. The molecule has 2 bridgehead atoms. The molecule has 1 aromatic rings. The molecule has 5 nitrogen and oxygen atoms in total. The highest BCUT2D eigenvalue weighted by molar-refractivity contribution is 6.31. The molecule has 1 N–H and O–H groups in total. The number of benzene rings is 1. The largest absolute Gasteiger partial charge is 0.326 e. The van der Waals surface area contributed by atoms with E-state index in [1.165, 1.54) is 4.90 Å². The summed E-state index contributed by atoms with van der Waals surface area (Å²) >= 11 is 6.06. The van der Waals surface area contributed by atoms with Gasteiger partial charge in [0, 0.05) is 23.7 Å². The van der Waals surface area contributed by atoms with Crippen LogP contribution in [-0.2, 0) is 14.4 Å². The van der Waals surface area contributed by atoms with E-state index < -0.39 is 0 Å². The SMILES string of the molecule is Cc1ccc(NC(=O)CCN2C(=O)[C@@H]3[C@H]4CC[C@@H](C4)[C@@H]3C2=O)cc1Cl. The summed E-state index contributed by atoms with van der Waals surface area (Å²) in [6, 6.07) is 5.32. The van der Waals surface area contributed by atoms with Gasteiger partial charge in [0.1, 0.15) is 0 Å². The fourth-order valence-electron chi connectivity index (χ4n) is 4.80. The number of fused-ring (bicyclic) bond motifs is 5. The molecule has 3 aliphatic rings. The number of likely N-dealkylation sites (tertiary alicyclic amines) is 1. The van der Waals surface area contributed by atoms with E-state index in [9.17, 15) is 14.4 Å². The van der Waals surface area contributed by atoms with Crippen molar-refractivity contribution in [1.29, 1.82) is 0 Å². The van der Waals surface area contributed by atoms with Crippen molar-refractivity contribution in [2.45, 2.75) is 32.6 Å². The number of rotatable bonds is 4. The molecule has 1 aromatic carbocycles. The normalized spacial score (nSPS) is 30.1. The van der Waals surface area contributed by atoms with E-state index >= 15 is 0 Å². The maximum Gasteiger partial charge on any atom is 0.233 e. The number of imide groups is 1. The fourth-order valence-corrected chi connectivity index (χ4v) is 4.98. The molecular weight excluding hydrogens is 340 g/mol. The van der Waals surface area contributed by atoms with Crippen LogP contribution in [0.3, 0.4) is 0 Å². The molecule has 132 valence electrons. The van der Waals surface area contributed by atoms with Crippen molar-refractivity contribution in [2.75, 3.05) is 11.9 Å². The van der Waals surface area contributed by atoms with E-state index in [-0.39, 0.29) is 42.5 Å². The molecule has 3 amide bonds. The second-order valence-electron chi connectivity index (χ2n) is 7.48. The minimum absolute atomic E-state index is 0.0617. The predicted octanol–water partition coefficient (Wildman–Crippen LogP) is 3.01. The van der Waals surface area contributed by atoms with Crippen LogP contribution in [0, 0.1) is 30.6 Å². The van der Waals surface area contributed by atoms with Crippen molar-refractivity contribution >= 4 is 35.0 Å². The second kappa shape index (κ2) is 6.13. The van der Waals surface area contributed by atoms with Crippen LogP contribution in [0.1, 0.15) is 31.2 Å². The number of carbonyl (C=O) groups is 3. The van der Waals surface area contributed by atoms with Crippen molar-refractivity contribution in [3.8, 4) is 0 Å². The first kappa shape index (κ1) is 16.6. The highest BCUT2D eigenvalue weighted by Crippen LogP contribution is 2.56. The topological polar surface area (TPSA) is 66.5 Å². The van der Waals surface area contributed by atoms with Crippen LogP contribution in [0.25, 0.3) is 0 Å². The monoisotopic (exact) mass is 360 g/mol. The molecule has 0 aromatic heterocycles. The van der Waals surface area contributed by atoms with Crippen LogP contribution < -0.4 is 5.32 Å². The van der Waals surface area contributed by atoms with E-state index in [1.54, 1.807) is 12.1 Å². The Kier molecular flexibility index (Phi) is 4.07. The summed E-state index contributed by atoms with van der Waals surface area (Å²) in [6.45, 7) is 2.05. The highest BCUT2D eigenvalue weighted by Gasteiger charge is 2.60. The van der Waals surface area contributed by atoms with Crippen LogP contribution in [0.5, 0.6) is 0 Å². The Balaban J connectivity index is 1.36. The van der Waals surface area contributed by atoms with Gasteiger partial charge in [-0.2, -0.15) is 0 Å². The highest BCUT2D eigenvalue weighted by atomic mass is 35.5. The van der Waals surface area contributed by atoms with Crippen molar-refractivity contribution < 1.29 is 14.4 Å². The number of nitrogens with zero attached hydrogens (tertiary/aromatic N) is 1. The summed E-state index contributed by atoms with van der Waals surface area (Å²) in [7, 11) is 0. The van der Waals surface area contributed by atoms with Gasteiger partial charge in [0.2, 0.25) is 17.7 Å². The van der Waals surface area contributed by atoms with E-state index in [1.807, 2.05) is 13.0 Å². The third kappa shape index (κ3) is 2.74. The van der Waals surface area contributed by atoms with Crippen LogP contribution in [0.15, 0.2) is 18.2 Å². The first-order chi connectivity index (χ1) is 12.0. The minimum atomic E-state index is -0.222. The Morgan fingerprint density at radius 3 is 2.44 bits per heavy atom. The molecule has 1 heterocycles. The van der Waals surface area contributed by atoms with Crippen molar-refractivity contribution in [2.24, 2.45) is 23.7 Å². The number of amides is 3. The molecule has 4 rings (SSSR count). The van der Waals surface area contributed by atoms with Gasteiger partial charge in [0.05, 0.1) is 11.8 Å². The third-order valence-electron chi connectivity index (χ3n) is 6.04. The lowest BCUT2D eigenvalue weighted by molar-refractivity contribution is -0.140. The van der Waals surface area contributed by atoms with Crippen molar-refractivity contribution in [3.63, 3.8) is 0 Å². The Bertz CT molecular complexity index is 735. The first-order valence-corrected chi connectivity index (χ1v) is 9.24. The second-order valence-corrected chi connectivity index (χ2v) is 7.88. The predicted molar refractivity (Wildman–Crippen MR) is 94.0 cm³/mol. The molecule has 0 spiro atoms. The summed E-state index contributed by atoms with van der Waals surface area (Å²) < 4.78 is 0. The van der Waals surface area contributed by atoms with Gasteiger partial charge in [-0.05, 0) is 55.7 Å². The third-order valence-corrected chi connectivity index (χ3v) is 6.44. The van der Waals surface area contributed by atoms with Crippen LogP contribution in [0.4, 0.5) is 5.69 Å². The average Bonchev–Trinajstić information content (AvgIpc) is 3.24. The molecule has 3 fully saturated rings. The summed E-state index contributed by atoms with van der Waals surface area (Å²) in [5.41, 5.74) is 1.56. The van der Waals surface area contributed by atoms with Gasteiger partial charge < -0.3 is 5.32 Å². The molecule has 6 heteroatoms. The Morgan fingerprint density at radius 1 is 1.20 bits per heavy atom. The lowest BCUT2D eigenvalue weighted by Gasteiger charge is -2.19. The minimum Gasteiger partial charge on any atom is -0.326 e. The van der Waals surface area contributed by atoms with Gasteiger partial charge in [-0.1, -0.05) is 17.7 Å². The number of aryl methyl sites for hydroxylation is 1. The molecule has 4 atom stereocenters. The average molecular weight is 361 g/mol. The zero-order valence-corrected chi connectivity index (χ0v) is 14.9. The van der Waals surface area contributed by atoms with Gasteiger partial charge in [0.15, 0.2) is 0 Å². The quantitative estimate of drug-likeness (QED) is 0.839. The standard InChI is InChI=1S/C19H21ClN2O3/c1-10-2-5-13(9-14(10)20)21-15(23)6-7-22-18(24)16-11-3-4-12(8-11)17(16)19(22)25/h2,5,9,11-12,16-17H,3-4,6-8H2,1H3,(H,21,23)/t11-,12-,16-,17+/m0/s1. The molecule has 2 aliphatic carbocycles. The van der Waals surface area contributed by atoms with E-state index in [4.69, 9.17) is 11.6 Å².